The van der Waals surface area contributed by atoms with Gasteiger partial charge in [-0.2, -0.15) is 5.10 Å². The summed E-state index contributed by atoms with van der Waals surface area (Å²) in [6.45, 7) is 5.72. The SMILES string of the molecule is Cc1cc2n(n1)C[C@H](CNCc1cccnc1OC1CCCC1)CN2. The van der Waals surface area contributed by atoms with Gasteiger partial charge < -0.3 is 15.4 Å². The molecule has 25 heavy (non-hydrogen) atoms. The lowest BCUT2D eigenvalue weighted by molar-refractivity contribution is 0.198. The first-order valence-corrected chi connectivity index (χ1v) is 9.37. The van der Waals surface area contributed by atoms with Crippen LogP contribution in [0.15, 0.2) is 24.4 Å². The van der Waals surface area contributed by atoms with Gasteiger partial charge in [-0.15, -0.1) is 0 Å². The molecular formula is C19H27N5O. The fraction of sp³-hybridized carbons (Fsp3) is 0.579. The molecule has 2 N–H and O–H groups in total. The highest BCUT2D eigenvalue weighted by Crippen LogP contribution is 2.25. The summed E-state index contributed by atoms with van der Waals surface area (Å²) in [6.07, 6.45) is 7.02. The van der Waals surface area contributed by atoms with Gasteiger partial charge in [-0.05, 0) is 38.7 Å². The third kappa shape index (κ3) is 3.95. The minimum absolute atomic E-state index is 0.345. The van der Waals surface area contributed by atoms with Crippen molar-refractivity contribution in [2.75, 3.05) is 18.4 Å². The van der Waals surface area contributed by atoms with Crippen molar-refractivity contribution in [2.45, 2.75) is 51.8 Å². The molecule has 1 aliphatic carbocycles. The average Bonchev–Trinajstić information content (AvgIpc) is 3.24. The van der Waals surface area contributed by atoms with E-state index in [0.717, 1.165) is 62.0 Å². The molecule has 0 amide bonds. The number of aromatic nitrogens is 3. The summed E-state index contributed by atoms with van der Waals surface area (Å²) in [5, 5.41) is 11.6. The Morgan fingerprint density at radius 1 is 1.36 bits per heavy atom. The molecule has 3 heterocycles. The van der Waals surface area contributed by atoms with Crippen molar-refractivity contribution in [1.82, 2.24) is 20.1 Å². The van der Waals surface area contributed by atoms with Crippen molar-refractivity contribution in [2.24, 2.45) is 5.92 Å². The van der Waals surface area contributed by atoms with Crippen LogP contribution in [0.4, 0.5) is 5.82 Å². The number of anilines is 1. The van der Waals surface area contributed by atoms with Crippen LogP contribution in [0, 0.1) is 12.8 Å². The summed E-state index contributed by atoms with van der Waals surface area (Å²) in [7, 11) is 0. The Labute approximate surface area is 149 Å². The lowest BCUT2D eigenvalue weighted by Gasteiger charge is -2.25. The molecule has 2 aromatic rings. The van der Waals surface area contributed by atoms with E-state index >= 15 is 0 Å². The topological polar surface area (TPSA) is 64.0 Å². The molecule has 2 aliphatic rings. The monoisotopic (exact) mass is 341 g/mol. The van der Waals surface area contributed by atoms with Crippen molar-refractivity contribution < 1.29 is 4.74 Å². The highest BCUT2D eigenvalue weighted by atomic mass is 16.5. The van der Waals surface area contributed by atoms with Gasteiger partial charge in [0.2, 0.25) is 5.88 Å². The molecule has 1 atom stereocenters. The molecule has 0 bridgehead atoms. The highest BCUT2D eigenvalue weighted by Gasteiger charge is 2.20. The lowest BCUT2D eigenvalue weighted by Crippen LogP contribution is -2.35. The summed E-state index contributed by atoms with van der Waals surface area (Å²) >= 11 is 0. The average molecular weight is 341 g/mol. The van der Waals surface area contributed by atoms with Gasteiger partial charge in [-0.1, -0.05) is 6.07 Å². The first-order valence-electron chi connectivity index (χ1n) is 9.37. The fourth-order valence-electron chi connectivity index (χ4n) is 3.76. The number of hydrogen-bond acceptors (Lipinski definition) is 5. The molecule has 1 saturated carbocycles. The van der Waals surface area contributed by atoms with Crippen molar-refractivity contribution >= 4 is 5.82 Å². The zero-order valence-electron chi connectivity index (χ0n) is 14.9. The molecule has 1 fully saturated rings. The highest BCUT2D eigenvalue weighted by molar-refractivity contribution is 5.38. The quantitative estimate of drug-likeness (QED) is 0.846. The predicted octanol–water partition coefficient (Wildman–Crippen LogP) is 2.74. The van der Waals surface area contributed by atoms with Crippen LogP contribution in [0.25, 0.3) is 0 Å². The molecular weight excluding hydrogens is 314 g/mol. The van der Waals surface area contributed by atoms with E-state index < -0.39 is 0 Å². The number of aryl methyl sites for hydroxylation is 1. The third-order valence-electron chi connectivity index (χ3n) is 5.08. The first-order chi connectivity index (χ1) is 12.3. The van der Waals surface area contributed by atoms with Crippen molar-refractivity contribution in [1.29, 1.82) is 0 Å². The Morgan fingerprint density at radius 2 is 2.24 bits per heavy atom. The van der Waals surface area contributed by atoms with Gasteiger partial charge >= 0.3 is 0 Å². The predicted molar refractivity (Wildman–Crippen MR) is 97.8 cm³/mol. The number of pyridine rings is 1. The standard InChI is InChI=1S/C19H27N5O/c1-14-9-18-22-11-15(13-24(18)23-14)10-20-12-16-5-4-8-21-19(16)25-17-6-2-3-7-17/h4-5,8-9,15,17,20,22H,2-3,6-7,10-13H2,1H3/t15-/m1/s1. The number of ether oxygens (including phenoxy) is 1. The van der Waals surface area contributed by atoms with E-state index in [9.17, 15) is 0 Å². The van der Waals surface area contributed by atoms with E-state index in [2.05, 4.69) is 37.5 Å². The maximum atomic E-state index is 6.12. The third-order valence-corrected chi connectivity index (χ3v) is 5.08. The van der Waals surface area contributed by atoms with Gasteiger partial charge in [0.25, 0.3) is 0 Å². The van der Waals surface area contributed by atoms with E-state index in [1.165, 1.54) is 12.8 Å². The molecule has 0 saturated heterocycles. The Balaban J connectivity index is 1.30. The van der Waals surface area contributed by atoms with E-state index in [0.29, 0.717) is 12.0 Å². The smallest absolute Gasteiger partial charge is 0.218 e. The zero-order valence-corrected chi connectivity index (χ0v) is 14.9. The second kappa shape index (κ2) is 7.44. The summed E-state index contributed by atoms with van der Waals surface area (Å²) in [5.74, 6) is 2.46. The summed E-state index contributed by atoms with van der Waals surface area (Å²) in [6, 6.07) is 6.20. The van der Waals surface area contributed by atoms with Gasteiger partial charge in [0.15, 0.2) is 0 Å². The van der Waals surface area contributed by atoms with Crippen LogP contribution in [-0.4, -0.2) is 34.0 Å². The van der Waals surface area contributed by atoms with Gasteiger partial charge in [0.05, 0.1) is 5.69 Å². The van der Waals surface area contributed by atoms with Gasteiger partial charge in [-0.25, -0.2) is 9.67 Å². The van der Waals surface area contributed by atoms with Crippen LogP contribution >= 0.6 is 0 Å². The zero-order chi connectivity index (χ0) is 17.1. The number of nitrogens with zero attached hydrogens (tertiary/aromatic N) is 3. The van der Waals surface area contributed by atoms with Gasteiger partial charge in [0, 0.05) is 49.9 Å². The number of rotatable bonds is 6. The van der Waals surface area contributed by atoms with Crippen LogP contribution in [0.1, 0.15) is 36.9 Å². The Hall–Kier alpha value is -2.08. The van der Waals surface area contributed by atoms with Crippen LogP contribution in [0.3, 0.4) is 0 Å². The number of hydrogen-bond donors (Lipinski definition) is 2. The molecule has 6 nitrogen and oxygen atoms in total. The fourth-order valence-corrected chi connectivity index (χ4v) is 3.76. The maximum absolute atomic E-state index is 6.12. The first kappa shape index (κ1) is 16.4. The Morgan fingerprint density at radius 3 is 3.12 bits per heavy atom. The molecule has 4 rings (SSSR count). The van der Waals surface area contributed by atoms with Crippen LogP contribution in [0.5, 0.6) is 5.88 Å². The van der Waals surface area contributed by atoms with E-state index in [4.69, 9.17) is 4.74 Å². The molecule has 0 spiro atoms. The van der Waals surface area contributed by atoms with E-state index in [1.807, 2.05) is 19.2 Å². The summed E-state index contributed by atoms with van der Waals surface area (Å²) in [5.41, 5.74) is 2.22. The normalized spacial score (nSPS) is 20.3. The lowest BCUT2D eigenvalue weighted by atomic mass is 10.1. The second-order valence-corrected chi connectivity index (χ2v) is 7.22. The molecule has 6 heteroatoms. The molecule has 0 aromatic carbocycles. The number of fused-ring (bicyclic) bond motifs is 1. The Bertz CT molecular complexity index is 708. The minimum Gasteiger partial charge on any atom is -0.474 e. The van der Waals surface area contributed by atoms with Crippen LogP contribution < -0.4 is 15.4 Å². The molecule has 0 radical (unpaired) electrons. The summed E-state index contributed by atoms with van der Waals surface area (Å²) < 4.78 is 8.19. The van der Waals surface area contributed by atoms with Gasteiger partial charge in [-0.3, -0.25) is 0 Å². The molecule has 2 aromatic heterocycles. The Kier molecular flexibility index (Phi) is 4.88. The minimum atomic E-state index is 0.345. The van der Waals surface area contributed by atoms with Crippen molar-refractivity contribution in [3.05, 3.63) is 35.7 Å². The molecule has 1 aliphatic heterocycles. The van der Waals surface area contributed by atoms with Gasteiger partial charge in [0.1, 0.15) is 11.9 Å². The van der Waals surface area contributed by atoms with E-state index in [-0.39, 0.29) is 0 Å². The molecule has 0 unspecified atom stereocenters. The number of nitrogens with one attached hydrogen (secondary N) is 2. The van der Waals surface area contributed by atoms with Crippen LogP contribution in [-0.2, 0) is 13.1 Å². The van der Waals surface area contributed by atoms with E-state index in [1.54, 1.807) is 0 Å². The summed E-state index contributed by atoms with van der Waals surface area (Å²) in [4.78, 5) is 4.45. The van der Waals surface area contributed by atoms with Crippen molar-refractivity contribution in [3.63, 3.8) is 0 Å². The second-order valence-electron chi connectivity index (χ2n) is 7.22. The van der Waals surface area contributed by atoms with Crippen LogP contribution in [0.2, 0.25) is 0 Å². The largest absolute Gasteiger partial charge is 0.474 e. The molecule has 134 valence electrons. The maximum Gasteiger partial charge on any atom is 0.218 e. The van der Waals surface area contributed by atoms with Crippen molar-refractivity contribution in [3.8, 4) is 5.88 Å².